The zero-order valence-electron chi connectivity index (χ0n) is 12.1. The van der Waals surface area contributed by atoms with Gasteiger partial charge in [-0.1, -0.05) is 30.4 Å². The normalized spacial score (nSPS) is 25.9. The number of cyclic esters (lactones) is 1. The fourth-order valence-electron chi connectivity index (χ4n) is 2.32. The van der Waals surface area contributed by atoms with Gasteiger partial charge in [-0.3, -0.25) is 4.79 Å². The van der Waals surface area contributed by atoms with Gasteiger partial charge >= 0.3 is 5.97 Å². The van der Waals surface area contributed by atoms with Crippen molar-refractivity contribution in [2.75, 3.05) is 0 Å². The van der Waals surface area contributed by atoms with Gasteiger partial charge in [0, 0.05) is 0 Å². The van der Waals surface area contributed by atoms with Crippen LogP contribution in [0.25, 0.3) is 0 Å². The molecule has 0 saturated heterocycles. The minimum Gasteiger partial charge on any atom is -0.462 e. The molecule has 0 fully saturated rings. The Balaban J connectivity index is 2.33. The van der Waals surface area contributed by atoms with E-state index >= 15 is 0 Å². The van der Waals surface area contributed by atoms with Crippen LogP contribution >= 0.6 is 0 Å². The van der Waals surface area contributed by atoms with Gasteiger partial charge in [0.05, 0.1) is 11.0 Å². The average molecular weight is 308 g/mol. The molecule has 0 N–H and O–H groups in total. The maximum Gasteiger partial charge on any atom is 0.325 e. The van der Waals surface area contributed by atoms with Gasteiger partial charge in [0.1, 0.15) is 0 Å². The van der Waals surface area contributed by atoms with Gasteiger partial charge in [-0.05, 0) is 44.7 Å². The second-order valence-electron chi connectivity index (χ2n) is 5.23. The molecule has 1 aromatic carbocycles. The summed E-state index contributed by atoms with van der Waals surface area (Å²) in [5.74, 6) is -0.655. The molecule has 0 amide bonds. The van der Waals surface area contributed by atoms with Crippen LogP contribution in [0.4, 0.5) is 0 Å². The number of sulfone groups is 1. The number of esters is 1. The molecular weight excluding hydrogens is 288 g/mol. The standard InChI is InChI=1S/C16H20O4S/c1-13-9-5-2-3-8-12-15(16(17)20-13)21(18,19)14-10-6-4-7-11-14/h3-4,6-8,10-11,13,15H,2,5,9,12H2,1H3/b8-3+. The molecule has 0 radical (unpaired) electrons. The molecule has 2 rings (SSSR count). The third-order valence-corrected chi connectivity index (χ3v) is 5.59. The summed E-state index contributed by atoms with van der Waals surface area (Å²) in [5.41, 5.74) is 0. The molecule has 0 aromatic heterocycles. The van der Waals surface area contributed by atoms with Crippen LogP contribution in [0.5, 0.6) is 0 Å². The van der Waals surface area contributed by atoms with Gasteiger partial charge in [0.25, 0.3) is 0 Å². The smallest absolute Gasteiger partial charge is 0.325 e. The topological polar surface area (TPSA) is 60.4 Å². The van der Waals surface area contributed by atoms with Crippen molar-refractivity contribution in [1.29, 1.82) is 0 Å². The highest BCUT2D eigenvalue weighted by molar-refractivity contribution is 7.92. The van der Waals surface area contributed by atoms with Gasteiger partial charge in [0.2, 0.25) is 0 Å². The number of benzene rings is 1. The summed E-state index contributed by atoms with van der Waals surface area (Å²) in [7, 11) is -3.73. The van der Waals surface area contributed by atoms with Gasteiger partial charge in [-0.15, -0.1) is 0 Å². The molecule has 0 spiro atoms. The summed E-state index contributed by atoms with van der Waals surface area (Å²) < 4.78 is 30.6. The lowest BCUT2D eigenvalue weighted by molar-refractivity contribution is -0.148. The lowest BCUT2D eigenvalue weighted by Gasteiger charge is -2.20. The van der Waals surface area contributed by atoms with Gasteiger partial charge in [-0.2, -0.15) is 0 Å². The minimum atomic E-state index is -3.73. The van der Waals surface area contributed by atoms with Crippen LogP contribution in [0.1, 0.15) is 32.6 Å². The molecule has 1 aliphatic rings. The Morgan fingerprint density at radius 1 is 1.14 bits per heavy atom. The molecule has 1 heterocycles. The maximum absolute atomic E-state index is 12.6. The average Bonchev–Trinajstić information content (AvgIpc) is 2.46. The van der Waals surface area contributed by atoms with E-state index in [9.17, 15) is 13.2 Å². The summed E-state index contributed by atoms with van der Waals surface area (Å²) in [5, 5.41) is -1.17. The Morgan fingerprint density at radius 3 is 2.57 bits per heavy atom. The Bertz CT molecular complexity index is 604. The van der Waals surface area contributed by atoms with E-state index in [1.807, 2.05) is 6.08 Å². The molecule has 4 nitrogen and oxygen atoms in total. The van der Waals surface area contributed by atoms with Crippen molar-refractivity contribution in [3.05, 3.63) is 42.5 Å². The molecule has 0 saturated carbocycles. The van der Waals surface area contributed by atoms with Crippen molar-refractivity contribution < 1.29 is 17.9 Å². The highest BCUT2D eigenvalue weighted by atomic mass is 32.2. The van der Waals surface area contributed by atoms with Crippen LogP contribution in [-0.2, 0) is 19.4 Å². The van der Waals surface area contributed by atoms with E-state index in [2.05, 4.69) is 0 Å². The van der Waals surface area contributed by atoms with Gasteiger partial charge in [-0.25, -0.2) is 8.42 Å². The minimum absolute atomic E-state index is 0.156. The number of ether oxygens (including phenoxy) is 1. The Kier molecular flexibility index (Phi) is 5.17. The number of carbonyl (C=O) groups excluding carboxylic acids is 1. The van der Waals surface area contributed by atoms with Crippen LogP contribution in [0.15, 0.2) is 47.4 Å². The number of allylic oxidation sites excluding steroid dienone is 2. The summed E-state index contributed by atoms with van der Waals surface area (Å²) in [6, 6.07) is 8.06. The first-order chi connectivity index (χ1) is 10.0. The molecular formula is C16H20O4S. The second kappa shape index (κ2) is 6.89. The third kappa shape index (κ3) is 3.94. The molecule has 2 unspecified atom stereocenters. The lowest BCUT2D eigenvalue weighted by atomic mass is 10.1. The van der Waals surface area contributed by atoms with Crippen LogP contribution in [-0.4, -0.2) is 25.7 Å². The first-order valence-corrected chi connectivity index (χ1v) is 8.71. The van der Waals surface area contributed by atoms with E-state index in [1.54, 1.807) is 31.2 Å². The molecule has 21 heavy (non-hydrogen) atoms. The summed E-state index contributed by atoms with van der Waals surface area (Å²) >= 11 is 0. The number of carbonyl (C=O) groups is 1. The first-order valence-electron chi connectivity index (χ1n) is 7.16. The van der Waals surface area contributed by atoms with Crippen molar-refractivity contribution in [2.24, 2.45) is 0 Å². The maximum atomic E-state index is 12.6. The highest BCUT2D eigenvalue weighted by Gasteiger charge is 2.35. The molecule has 5 heteroatoms. The van der Waals surface area contributed by atoms with Crippen LogP contribution in [0, 0.1) is 0 Å². The molecule has 0 bridgehead atoms. The van der Waals surface area contributed by atoms with Crippen molar-refractivity contribution >= 4 is 15.8 Å². The largest absolute Gasteiger partial charge is 0.462 e. The predicted octanol–water partition coefficient (Wildman–Crippen LogP) is 2.89. The molecule has 1 aliphatic heterocycles. The van der Waals surface area contributed by atoms with E-state index in [0.717, 1.165) is 19.3 Å². The Labute approximate surface area is 125 Å². The fourth-order valence-corrected chi connectivity index (χ4v) is 3.86. The number of hydrogen-bond acceptors (Lipinski definition) is 4. The quantitative estimate of drug-likeness (QED) is 0.622. The van der Waals surface area contributed by atoms with Crippen LogP contribution < -0.4 is 0 Å². The Morgan fingerprint density at radius 2 is 1.86 bits per heavy atom. The molecule has 2 atom stereocenters. The number of rotatable bonds is 2. The zero-order chi connectivity index (χ0) is 15.3. The van der Waals surface area contributed by atoms with Crippen molar-refractivity contribution in [3.8, 4) is 0 Å². The fraction of sp³-hybridized carbons (Fsp3) is 0.438. The van der Waals surface area contributed by atoms with Crippen LogP contribution in [0.3, 0.4) is 0 Å². The van der Waals surface area contributed by atoms with Crippen LogP contribution in [0.2, 0.25) is 0 Å². The zero-order valence-corrected chi connectivity index (χ0v) is 12.9. The summed E-state index contributed by atoms with van der Waals surface area (Å²) in [6.45, 7) is 1.80. The molecule has 114 valence electrons. The number of hydrogen-bond donors (Lipinski definition) is 0. The van der Waals surface area contributed by atoms with E-state index in [0.29, 0.717) is 0 Å². The first kappa shape index (κ1) is 15.8. The lowest BCUT2D eigenvalue weighted by Crippen LogP contribution is -2.34. The van der Waals surface area contributed by atoms with Crippen molar-refractivity contribution in [2.45, 2.75) is 48.9 Å². The van der Waals surface area contributed by atoms with E-state index in [1.165, 1.54) is 12.1 Å². The van der Waals surface area contributed by atoms with E-state index in [-0.39, 0.29) is 17.4 Å². The molecule has 1 aromatic rings. The van der Waals surface area contributed by atoms with E-state index < -0.39 is 21.1 Å². The summed E-state index contributed by atoms with van der Waals surface area (Å²) in [6.07, 6.45) is 6.16. The van der Waals surface area contributed by atoms with E-state index in [4.69, 9.17) is 4.74 Å². The third-order valence-electron chi connectivity index (χ3n) is 3.52. The Hall–Kier alpha value is -1.62. The van der Waals surface area contributed by atoms with Crippen molar-refractivity contribution in [3.63, 3.8) is 0 Å². The van der Waals surface area contributed by atoms with Gasteiger partial charge in [0.15, 0.2) is 15.1 Å². The molecule has 0 aliphatic carbocycles. The highest BCUT2D eigenvalue weighted by Crippen LogP contribution is 2.22. The SMILES string of the molecule is CC1CCC/C=C/CC(S(=O)(=O)c2ccccc2)C(=O)O1. The van der Waals surface area contributed by atoms with Gasteiger partial charge < -0.3 is 4.74 Å². The monoisotopic (exact) mass is 308 g/mol. The summed E-state index contributed by atoms with van der Waals surface area (Å²) in [4.78, 5) is 12.4. The second-order valence-corrected chi connectivity index (χ2v) is 7.36. The van der Waals surface area contributed by atoms with Crippen molar-refractivity contribution in [1.82, 2.24) is 0 Å². The predicted molar refractivity (Wildman–Crippen MR) is 80.6 cm³/mol.